The Balaban J connectivity index is 2.21. The van der Waals surface area contributed by atoms with Crippen molar-refractivity contribution in [3.8, 4) is 0 Å². The van der Waals surface area contributed by atoms with E-state index in [9.17, 15) is 4.79 Å². The molecular formula is C10H16N6O. The van der Waals surface area contributed by atoms with E-state index in [0.29, 0.717) is 17.7 Å². The molecule has 0 aromatic carbocycles. The van der Waals surface area contributed by atoms with Gasteiger partial charge in [0, 0.05) is 6.54 Å². The second-order valence-corrected chi connectivity index (χ2v) is 3.91. The molecule has 0 fully saturated rings. The molecule has 2 aromatic rings. The number of hydrogen-bond acceptors (Lipinski definition) is 5. The van der Waals surface area contributed by atoms with E-state index in [4.69, 9.17) is 11.5 Å². The van der Waals surface area contributed by atoms with E-state index in [0.717, 1.165) is 25.8 Å². The van der Waals surface area contributed by atoms with Crippen LogP contribution in [0.3, 0.4) is 0 Å². The van der Waals surface area contributed by atoms with Crippen LogP contribution in [-0.4, -0.2) is 26.1 Å². The average Bonchev–Trinajstić information content (AvgIpc) is 2.68. The number of unbranched alkanes of at least 4 members (excludes halogenated alkanes) is 2. The molecular weight excluding hydrogens is 220 g/mol. The first-order valence-corrected chi connectivity index (χ1v) is 5.63. The Hall–Kier alpha value is -1.89. The van der Waals surface area contributed by atoms with Gasteiger partial charge in [0.2, 0.25) is 5.95 Å². The Morgan fingerprint density at radius 3 is 2.94 bits per heavy atom. The first-order valence-electron chi connectivity index (χ1n) is 5.63. The third kappa shape index (κ3) is 2.44. The van der Waals surface area contributed by atoms with Gasteiger partial charge in [-0.3, -0.25) is 9.78 Å². The van der Waals surface area contributed by atoms with Gasteiger partial charge in [0.15, 0.2) is 11.2 Å². The van der Waals surface area contributed by atoms with E-state index in [2.05, 4.69) is 15.0 Å². The summed E-state index contributed by atoms with van der Waals surface area (Å²) in [6.07, 6.45) is 4.66. The third-order valence-electron chi connectivity index (χ3n) is 2.60. The van der Waals surface area contributed by atoms with Crippen LogP contribution in [0.4, 0.5) is 5.95 Å². The summed E-state index contributed by atoms with van der Waals surface area (Å²) in [6, 6.07) is 0. The lowest BCUT2D eigenvalue weighted by atomic mass is 10.2. The van der Waals surface area contributed by atoms with Crippen LogP contribution in [0.2, 0.25) is 0 Å². The molecule has 0 aliphatic heterocycles. The molecule has 0 saturated carbocycles. The zero-order chi connectivity index (χ0) is 12.3. The number of aryl methyl sites for hydroxylation is 1. The van der Waals surface area contributed by atoms with Crippen LogP contribution in [-0.2, 0) is 6.54 Å². The maximum Gasteiger partial charge on any atom is 0.280 e. The lowest BCUT2D eigenvalue weighted by Crippen LogP contribution is -2.12. The zero-order valence-corrected chi connectivity index (χ0v) is 9.52. The van der Waals surface area contributed by atoms with Crippen LogP contribution in [0, 0.1) is 0 Å². The number of H-pyrrole nitrogens is 1. The number of rotatable bonds is 5. The van der Waals surface area contributed by atoms with Crippen molar-refractivity contribution >= 4 is 17.1 Å². The molecule has 7 nitrogen and oxygen atoms in total. The van der Waals surface area contributed by atoms with Gasteiger partial charge in [0.25, 0.3) is 5.56 Å². The number of aromatic amines is 1. The summed E-state index contributed by atoms with van der Waals surface area (Å²) in [5, 5.41) is 0. The summed E-state index contributed by atoms with van der Waals surface area (Å²) in [4.78, 5) is 22.1. The van der Waals surface area contributed by atoms with E-state index in [1.54, 1.807) is 6.33 Å². The number of nitrogens with two attached hydrogens (primary N) is 2. The molecule has 92 valence electrons. The summed E-state index contributed by atoms with van der Waals surface area (Å²) in [6.45, 7) is 1.47. The van der Waals surface area contributed by atoms with E-state index < -0.39 is 0 Å². The van der Waals surface area contributed by atoms with Gasteiger partial charge in [0.1, 0.15) is 0 Å². The molecule has 17 heavy (non-hydrogen) atoms. The first-order chi connectivity index (χ1) is 8.22. The summed E-state index contributed by atoms with van der Waals surface area (Å²) >= 11 is 0. The maximum absolute atomic E-state index is 11.5. The fraction of sp³-hybridized carbons (Fsp3) is 0.500. The summed E-state index contributed by atoms with van der Waals surface area (Å²) in [7, 11) is 0. The van der Waals surface area contributed by atoms with Crippen molar-refractivity contribution in [2.45, 2.75) is 25.8 Å². The normalized spacial score (nSPS) is 11.1. The van der Waals surface area contributed by atoms with Crippen LogP contribution in [0.1, 0.15) is 19.3 Å². The minimum absolute atomic E-state index is 0.117. The van der Waals surface area contributed by atoms with Crippen LogP contribution >= 0.6 is 0 Å². The maximum atomic E-state index is 11.5. The molecule has 0 spiro atoms. The monoisotopic (exact) mass is 236 g/mol. The standard InChI is InChI=1S/C10H16N6O/c11-4-2-1-3-5-16-6-13-7-8(16)14-10(12)15-9(7)17/h6H,1-5,11H2,(H3,12,14,15,17). The van der Waals surface area contributed by atoms with Crippen molar-refractivity contribution in [3.63, 3.8) is 0 Å². The van der Waals surface area contributed by atoms with Crippen molar-refractivity contribution in [2.24, 2.45) is 5.73 Å². The summed E-state index contributed by atoms with van der Waals surface area (Å²) < 4.78 is 1.84. The largest absolute Gasteiger partial charge is 0.369 e. The second-order valence-electron chi connectivity index (χ2n) is 3.91. The van der Waals surface area contributed by atoms with Crippen LogP contribution in [0.15, 0.2) is 11.1 Å². The Labute approximate surface area is 97.9 Å². The topological polar surface area (TPSA) is 116 Å². The van der Waals surface area contributed by atoms with Crippen molar-refractivity contribution in [2.75, 3.05) is 12.3 Å². The molecule has 0 saturated heterocycles. The highest BCUT2D eigenvalue weighted by molar-refractivity contribution is 5.70. The van der Waals surface area contributed by atoms with Crippen molar-refractivity contribution in [3.05, 3.63) is 16.7 Å². The van der Waals surface area contributed by atoms with Gasteiger partial charge in [0.05, 0.1) is 6.33 Å². The molecule has 0 amide bonds. The molecule has 7 heteroatoms. The van der Waals surface area contributed by atoms with Crippen LogP contribution in [0.5, 0.6) is 0 Å². The SMILES string of the molecule is NCCCCCn1cnc2c(=O)[nH]c(N)nc21. The van der Waals surface area contributed by atoms with Gasteiger partial charge in [-0.1, -0.05) is 6.42 Å². The Morgan fingerprint density at radius 1 is 1.35 bits per heavy atom. The molecule has 0 radical (unpaired) electrons. The quantitative estimate of drug-likeness (QED) is 0.623. The fourth-order valence-electron chi connectivity index (χ4n) is 1.74. The number of imidazole rings is 1. The number of fused-ring (bicyclic) bond motifs is 1. The number of nitrogens with one attached hydrogen (secondary N) is 1. The van der Waals surface area contributed by atoms with E-state index in [1.165, 1.54) is 0 Å². The molecule has 0 atom stereocenters. The zero-order valence-electron chi connectivity index (χ0n) is 9.52. The van der Waals surface area contributed by atoms with Crippen LogP contribution in [0.25, 0.3) is 11.2 Å². The number of nitrogen functional groups attached to an aromatic ring is 1. The van der Waals surface area contributed by atoms with Gasteiger partial charge in [-0.25, -0.2) is 4.98 Å². The summed E-state index contributed by atoms with van der Waals surface area (Å²) in [5.41, 5.74) is 11.5. The number of nitrogens with zero attached hydrogens (tertiary/aromatic N) is 3. The highest BCUT2D eigenvalue weighted by atomic mass is 16.1. The van der Waals surface area contributed by atoms with Gasteiger partial charge in [-0.2, -0.15) is 4.98 Å². The Kier molecular flexibility index (Phi) is 3.38. The van der Waals surface area contributed by atoms with E-state index in [-0.39, 0.29) is 11.5 Å². The van der Waals surface area contributed by atoms with Gasteiger partial charge < -0.3 is 16.0 Å². The highest BCUT2D eigenvalue weighted by Gasteiger charge is 2.08. The minimum Gasteiger partial charge on any atom is -0.369 e. The lowest BCUT2D eigenvalue weighted by Gasteiger charge is -2.03. The number of aromatic nitrogens is 4. The smallest absolute Gasteiger partial charge is 0.280 e. The van der Waals surface area contributed by atoms with Gasteiger partial charge >= 0.3 is 0 Å². The minimum atomic E-state index is -0.298. The molecule has 5 N–H and O–H groups in total. The van der Waals surface area contributed by atoms with Gasteiger partial charge in [-0.05, 0) is 19.4 Å². The highest BCUT2D eigenvalue weighted by Crippen LogP contribution is 2.08. The molecule has 0 bridgehead atoms. The molecule has 0 aliphatic carbocycles. The van der Waals surface area contributed by atoms with Crippen molar-refractivity contribution in [1.29, 1.82) is 0 Å². The number of anilines is 1. The summed E-state index contributed by atoms with van der Waals surface area (Å²) in [5.74, 6) is 0.117. The molecule has 0 aliphatic rings. The lowest BCUT2D eigenvalue weighted by molar-refractivity contribution is 0.598. The first kappa shape index (κ1) is 11.6. The molecule has 0 unspecified atom stereocenters. The van der Waals surface area contributed by atoms with Crippen molar-refractivity contribution in [1.82, 2.24) is 19.5 Å². The van der Waals surface area contributed by atoms with Gasteiger partial charge in [-0.15, -0.1) is 0 Å². The Morgan fingerprint density at radius 2 is 2.18 bits per heavy atom. The van der Waals surface area contributed by atoms with E-state index >= 15 is 0 Å². The van der Waals surface area contributed by atoms with Crippen molar-refractivity contribution < 1.29 is 0 Å². The predicted octanol–water partition coefficient (Wildman–Crippen LogP) is -0.169. The third-order valence-corrected chi connectivity index (χ3v) is 2.60. The second kappa shape index (κ2) is 4.96. The molecule has 2 rings (SSSR count). The number of hydrogen-bond donors (Lipinski definition) is 3. The van der Waals surface area contributed by atoms with Crippen LogP contribution < -0.4 is 17.0 Å². The Bertz CT molecular complexity index is 557. The fourth-order valence-corrected chi connectivity index (χ4v) is 1.74. The predicted molar refractivity (Wildman–Crippen MR) is 65.5 cm³/mol. The molecule has 2 heterocycles. The average molecular weight is 236 g/mol. The molecule has 2 aromatic heterocycles. The van der Waals surface area contributed by atoms with E-state index in [1.807, 2.05) is 4.57 Å².